The van der Waals surface area contributed by atoms with Gasteiger partial charge < -0.3 is 10.1 Å². The summed E-state index contributed by atoms with van der Waals surface area (Å²) >= 11 is 2.29. The van der Waals surface area contributed by atoms with Crippen molar-refractivity contribution in [2.24, 2.45) is 0 Å². The van der Waals surface area contributed by atoms with E-state index in [0.717, 1.165) is 30.1 Å². The Labute approximate surface area is 127 Å². The number of rotatable bonds is 6. The monoisotopic (exact) mass is 368 g/mol. The first-order chi connectivity index (χ1) is 9.28. The molecule has 2 aromatic rings. The molecule has 1 N–H and O–H groups in total. The molecule has 2 rings (SSSR count). The molecule has 0 saturated heterocycles. The summed E-state index contributed by atoms with van der Waals surface area (Å²) in [5.74, 6) is 0.804. The molecule has 1 heterocycles. The molecule has 0 aliphatic rings. The zero-order valence-corrected chi connectivity index (χ0v) is 13.1. The first-order valence-electron chi connectivity index (χ1n) is 6.31. The zero-order chi connectivity index (χ0) is 13.5. The topological polar surface area (TPSA) is 34.1 Å². The van der Waals surface area contributed by atoms with Gasteiger partial charge in [0, 0.05) is 10.1 Å². The molecule has 0 bridgehead atoms. The highest BCUT2D eigenvalue weighted by atomic mass is 127. The molecule has 0 fully saturated rings. The lowest BCUT2D eigenvalue weighted by Gasteiger charge is -2.07. The maximum Gasteiger partial charge on any atom is 0.138 e. The Bertz CT molecular complexity index is 497. The van der Waals surface area contributed by atoms with Crippen molar-refractivity contribution in [3.63, 3.8) is 0 Å². The standard InChI is InChI=1S/C15H17IN2O/c1-2-17-9-14-7-8-15(10-18-14)19-11-12-3-5-13(16)6-4-12/h3-8,10,17H,2,9,11H2,1H3. The molecule has 4 heteroatoms. The zero-order valence-electron chi connectivity index (χ0n) is 10.9. The minimum atomic E-state index is 0.575. The third kappa shape index (κ3) is 4.80. The summed E-state index contributed by atoms with van der Waals surface area (Å²) in [4.78, 5) is 4.35. The smallest absolute Gasteiger partial charge is 0.138 e. The van der Waals surface area contributed by atoms with E-state index < -0.39 is 0 Å². The average Bonchev–Trinajstić information content (AvgIpc) is 2.46. The van der Waals surface area contributed by atoms with E-state index in [-0.39, 0.29) is 0 Å². The van der Waals surface area contributed by atoms with E-state index >= 15 is 0 Å². The highest BCUT2D eigenvalue weighted by molar-refractivity contribution is 14.1. The van der Waals surface area contributed by atoms with Crippen molar-refractivity contribution >= 4 is 22.6 Å². The molecule has 3 nitrogen and oxygen atoms in total. The van der Waals surface area contributed by atoms with E-state index in [2.05, 4.69) is 64.1 Å². The maximum atomic E-state index is 5.71. The normalized spacial score (nSPS) is 10.4. The van der Waals surface area contributed by atoms with Gasteiger partial charge in [0.1, 0.15) is 12.4 Å². The highest BCUT2D eigenvalue weighted by Gasteiger charge is 1.98. The maximum absolute atomic E-state index is 5.71. The molecule has 0 aliphatic heterocycles. The van der Waals surface area contributed by atoms with Crippen molar-refractivity contribution in [1.29, 1.82) is 0 Å². The average molecular weight is 368 g/mol. The van der Waals surface area contributed by atoms with E-state index in [1.807, 2.05) is 12.1 Å². The number of ether oxygens (including phenoxy) is 1. The molecule has 0 saturated carbocycles. The third-order valence-corrected chi connectivity index (χ3v) is 3.39. The third-order valence-electron chi connectivity index (χ3n) is 2.67. The molecular weight excluding hydrogens is 351 g/mol. The van der Waals surface area contributed by atoms with Crippen LogP contribution in [0, 0.1) is 3.57 Å². The Morgan fingerprint density at radius 3 is 2.58 bits per heavy atom. The van der Waals surface area contributed by atoms with Gasteiger partial charge in [-0.05, 0) is 59.0 Å². The van der Waals surface area contributed by atoms with Crippen LogP contribution < -0.4 is 10.1 Å². The minimum absolute atomic E-state index is 0.575. The predicted molar refractivity (Wildman–Crippen MR) is 85.1 cm³/mol. The fraction of sp³-hybridized carbons (Fsp3) is 0.267. The van der Waals surface area contributed by atoms with Crippen LogP contribution in [-0.2, 0) is 13.2 Å². The van der Waals surface area contributed by atoms with E-state index in [4.69, 9.17) is 4.74 Å². The minimum Gasteiger partial charge on any atom is -0.487 e. The van der Waals surface area contributed by atoms with Gasteiger partial charge in [-0.2, -0.15) is 0 Å². The molecule has 19 heavy (non-hydrogen) atoms. The lowest BCUT2D eigenvalue weighted by Crippen LogP contribution is -2.12. The molecule has 0 atom stereocenters. The molecule has 0 spiro atoms. The number of aromatic nitrogens is 1. The van der Waals surface area contributed by atoms with Crippen LogP contribution in [0.15, 0.2) is 42.6 Å². The fourth-order valence-electron chi connectivity index (χ4n) is 1.60. The van der Waals surface area contributed by atoms with Gasteiger partial charge in [0.05, 0.1) is 11.9 Å². The van der Waals surface area contributed by atoms with Gasteiger partial charge in [-0.15, -0.1) is 0 Å². The van der Waals surface area contributed by atoms with Crippen molar-refractivity contribution < 1.29 is 4.74 Å². The van der Waals surface area contributed by atoms with Crippen molar-refractivity contribution in [1.82, 2.24) is 10.3 Å². The van der Waals surface area contributed by atoms with Gasteiger partial charge in [0.2, 0.25) is 0 Å². The quantitative estimate of drug-likeness (QED) is 0.794. The van der Waals surface area contributed by atoms with Crippen LogP contribution in [0.1, 0.15) is 18.2 Å². The number of nitrogens with one attached hydrogen (secondary N) is 1. The number of nitrogens with zero attached hydrogens (tertiary/aromatic N) is 1. The highest BCUT2D eigenvalue weighted by Crippen LogP contribution is 2.13. The largest absolute Gasteiger partial charge is 0.487 e. The summed E-state index contributed by atoms with van der Waals surface area (Å²) in [5.41, 5.74) is 2.20. The number of pyridine rings is 1. The van der Waals surface area contributed by atoms with Crippen LogP contribution in [-0.4, -0.2) is 11.5 Å². The molecule has 0 amide bonds. The molecule has 0 unspecified atom stereocenters. The number of hydrogen-bond donors (Lipinski definition) is 1. The van der Waals surface area contributed by atoms with Crippen molar-refractivity contribution in [3.8, 4) is 5.75 Å². The second-order valence-electron chi connectivity index (χ2n) is 4.18. The Hall–Kier alpha value is -1.14. The second-order valence-corrected chi connectivity index (χ2v) is 5.43. The van der Waals surface area contributed by atoms with E-state index in [9.17, 15) is 0 Å². The van der Waals surface area contributed by atoms with Crippen molar-refractivity contribution in [2.45, 2.75) is 20.1 Å². The first kappa shape index (κ1) is 14.3. The Kier molecular flexibility index (Phi) is 5.60. The van der Waals surface area contributed by atoms with Gasteiger partial charge in [-0.1, -0.05) is 19.1 Å². The molecule has 1 aromatic carbocycles. The van der Waals surface area contributed by atoms with Gasteiger partial charge in [-0.25, -0.2) is 0 Å². The SMILES string of the molecule is CCNCc1ccc(OCc2ccc(I)cc2)cn1. The summed E-state index contributed by atoms with van der Waals surface area (Å²) in [6, 6.07) is 12.3. The molecule has 0 aliphatic carbocycles. The van der Waals surface area contributed by atoms with Gasteiger partial charge >= 0.3 is 0 Å². The Morgan fingerprint density at radius 2 is 1.95 bits per heavy atom. The molecule has 100 valence electrons. The second kappa shape index (κ2) is 7.45. The summed E-state index contributed by atoms with van der Waals surface area (Å²) < 4.78 is 6.94. The van der Waals surface area contributed by atoms with E-state index in [1.165, 1.54) is 3.57 Å². The lowest BCUT2D eigenvalue weighted by molar-refractivity contribution is 0.304. The first-order valence-corrected chi connectivity index (χ1v) is 7.38. The lowest BCUT2D eigenvalue weighted by atomic mass is 10.2. The molecule has 1 aromatic heterocycles. The summed E-state index contributed by atoms with van der Waals surface area (Å²) in [5, 5.41) is 3.24. The van der Waals surface area contributed by atoms with E-state index in [0.29, 0.717) is 6.61 Å². The molecular formula is C15H17IN2O. The Balaban J connectivity index is 1.87. The van der Waals surface area contributed by atoms with Crippen molar-refractivity contribution in [2.75, 3.05) is 6.54 Å². The number of benzene rings is 1. The van der Waals surface area contributed by atoms with Gasteiger partial charge in [0.25, 0.3) is 0 Å². The molecule has 0 radical (unpaired) electrons. The Morgan fingerprint density at radius 1 is 1.16 bits per heavy atom. The number of halogens is 1. The van der Waals surface area contributed by atoms with Crippen LogP contribution in [0.2, 0.25) is 0 Å². The number of hydrogen-bond acceptors (Lipinski definition) is 3. The van der Waals surface area contributed by atoms with Gasteiger partial charge in [-0.3, -0.25) is 4.98 Å². The fourth-order valence-corrected chi connectivity index (χ4v) is 1.96. The van der Waals surface area contributed by atoms with Crippen LogP contribution in [0.25, 0.3) is 0 Å². The summed E-state index contributed by atoms with van der Waals surface area (Å²) in [6.45, 7) is 4.41. The van der Waals surface area contributed by atoms with Crippen LogP contribution in [0.5, 0.6) is 5.75 Å². The summed E-state index contributed by atoms with van der Waals surface area (Å²) in [7, 11) is 0. The van der Waals surface area contributed by atoms with Crippen molar-refractivity contribution in [3.05, 3.63) is 57.4 Å². The predicted octanol–water partition coefficient (Wildman–Crippen LogP) is 3.37. The van der Waals surface area contributed by atoms with Crippen LogP contribution in [0.3, 0.4) is 0 Å². The van der Waals surface area contributed by atoms with Crippen LogP contribution in [0.4, 0.5) is 0 Å². The van der Waals surface area contributed by atoms with Crippen LogP contribution >= 0.6 is 22.6 Å². The van der Waals surface area contributed by atoms with E-state index in [1.54, 1.807) is 6.20 Å². The van der Waals surface area contributed by atoms with Gasteiger partial charge in [0.15, 0.2) is 0 Å². The summed E-state index contributed by atoms with van der Waals surface area (Å²) in [6.07, 6.45) is 1.78.